The number of hydrogen-bond donors (Lipinski definition) is 2. The second-order valence-corrected chi connectivity index (χ2v) is 3.78. The fourth-order valence-electron chi connectivity index (χ4n) is 1.25. The molecule has 0 unspecified atom stereocenters. The highest BCUT2D eigenvalue weighted by Crippen LogP contribution is 2.19. The van der Waals surface area contributed by atoms with Gasteiger partial charge in [-0.1, -0.05) is 18.5 Å². The van der Waals surface area contributed by atoms with Gasteiger partial charge in [-0.05, 0) is 18.2 Å². The van der Waals surface area contributed by atoms with Crippen LogP contribution < -0.4 is 10.6 Å². The van der Waals surface area contributed by atoms with Crippen LogP contribution in [0.2, 0.25) is 5.02 Å². The minimum Gasteiger partial charge on any atom is -0.383 e. The SMILES string of the molecule is CCNCc1cnc(NCCOC)c(Cl)c1. The quantitative estimate of drug-likeness (QED) is 0.719. The van der Waals surface area contributed by atoms with E-state index >= 15 is 0 Å². The molecule has 0 aliphatic rings. The number of aromatic nitrogens is 1. The van der Waals surface area contributed by atoms with Crippen LogP contribution in [-0.2, 0) is 11.3 Å². The van der Waals surface area contributed by atoms with E-state index in [4.69, 9.17) is 16.3 Å². The third kappa shape index (κ3) is 4.35. The van der Waals surface area contributed by atoms with Gasteiger partial charge in [-0.2, -0.15) is 0 Å². The first-order valence-corrected chi connectivity index (χ1v) is 5.73. The van der Waals surface area contributed by atoms with Crippen molar-refractivity contribution in [3.63, 3.8) is 0 Å². The molecule has 16 heavy (non-hydrogen) atoms. The number of methoxy groups -OCH3 is 1. The molecule has 1 rings (SSSR count). The van der Waals surface area contributed by atoms with Gasteiger partial charge in [0.05, 0.1) is 11.6 Å². The van der Waals surface area contributed by atoms with Crippen LogP contribution in [0.15, 0.2) is 12.3 Å². The molecule has 0 aliphatic heterocycles. The highest BCUT2D eigenvalue weighted by molar-refractivity contribution is 6.32. The molecule has 0 bridgehead atoms. The Morgan fingerprint density at radius 3 is 2.94 bits per heavy atom. The van der Waals surface area contributed by atoms with E-state index in [9.17, 15) is 0 Å². The monoisotopic (exact) mass is 243 g/mol. The van der Waals surface area contributed by atoms with E-state index < -0.39 is 0 Å². The molecule has 0 fully saturated rings. The van der Waals surface area contributed by atoms with Crippen LogP contribution in [-0.4, -0.2) is 31.8 Å². The van der Waals surface area contributed by atoms with E-state index in [0.717, 1.165) is 18.7 Å². The van der Waals surface area contributed by atoms with E-state index in [-0.39, 0.29) is 0 Å². The van der Waals surface area contributed by atoms with Gasteiger partial charge >= 0.3 is 0 Å². The maximum atomic E-state index is 6.09. The number of rotatable bonds is 7. The minimum atomic E-state index is 0.636. The summed E-state index contributed by atoms with van der Waals surface area (Å²) in [6.45, 7) is 5.13. The van der Waals surface area contributed by atoms with Crippen molar-refractivity contribution in [2.24, 2.45) is 0 Å². The fraction of sp³-hybridized carbons (Fsp3) is 0.545. The average Bonchev–Trinajstić information content (AvgIpc) is 2.29. The molecule has 0 aromatic carbocycles. The summed E-state index contributed by atoms with van der Waals surface area (Å²) in [5, 5.41) is 6.98. The number of nitrogens with one attached hydrogen (secondary N) is 2. The normalized spacial score (nSPS) is 10.4. The predicted molar refractivity (Wildman–Crippen MR) is 67.0 cm³/mol. The molecule has 90 valence electrons. The molecule has 0 spiro atoms. The Hall–Kier alpha value is -0.840. The lowest BCUT2D eigenvalue weighted by Crippen LogP contribution is -2.13. The number of halogens is 1. The molecule has 0 saturated carbocycles. The molecule has 1 aromatic rings. The lowest BCUT2D eigenvalue weighted by atomic mass is 10.3. The van der Waals surface area contributed by atoms with Crippen molar-refractivity contribution < 1.29 is 4.74 Å². The van der Waals surface area contributed by atoms with Gasteiger partial charge in [0.2, 0.25) is 0 Å². The van der Waals surface area contributed by atoms with Crippen molar-refractivity contribution in [1.29, 1.82) is 0 Å². The molecule has 0 radical (unpaired) electrons. The third-order valence-corrected chi connectivity index (χ3v) is 2.36. The fourth-order valence-corrected chi connectivity index (χ4v) is 1.50. The third-order valence-electron chi connectivity index (χ3n) is 2.08. The van der Waals surface area contributed by atoms with E-state index in [1.165, 1.54) is 0 Å². The standard InChI is InChI=1S/C11H18ClN3O/c1-3-13-7-9-6-10(12)11(15-8-9)14-4-5-16-2/h6,8,13H,3-5,7H2,1-2H3,(H,14,15). The Bertz CT molecular complexity index is 320. The Morgan fingerprint density at radius 2 is 2.31 bits per heavy atom. The van der Waals surface area contributed by atoms with Crippen LogP contribution in [0.5, 0.6) is 0 Å². The highest BCUT2D eigenvalue weighted by atomic mass is 35.5. The zero-order chi connectivity index (χ0) is 11.8. The topological polar surface area (TPSA) is 46.2 Å². The van der Waals surface area contributed by atoms with E-state index in [1.54, 1.807) is 7.11 Å². The molecule has 1 heterocycles. The smallest absolute Gasteiger partial charge is 0.144 e. The first kappa shape index (κ1) is 13.2. The number of hydrogen-bond acceptors (Lipinski definition) is 4. The molecule has 2 N–H and O–H groups in total. The molecule has 5 heteroatoms. The van der Waals surface area contributed by atoms with Gasteiger partial charge in [0.15, 0.2) is 0 Å². The summed E-state index contributed by atoms with van der Waals surface area (Å²) in [7, 11) is 1.66. The predicted octanol–water partition coefficient (Wildman–Crippen LogP) is 1.90. The number of pyridine rings is 1. The van der Waals surface area contributed by atoms with E-state index in [1.807, 2.05) is 12.3 Å². The summed E-state index contributed by atoms with van der Waals surface area (Å²) in [5.41, 5.74) is 1.09. The van der Waals surface area contributed by atoms with Crippen molar-refractivity contribution in [2.75, 3.05) is 32.1 Å². The summed E-state index contributed by atoms with van der Waals surface area (Å²) < 4.78 is 4.94. The first-order chi connectivity index (χ1) is 7.77. The molecule has 1 aromatic heterocycles. The molecular formula is C11H18ClN3O. The van der Waals surface area contributed by atoms with Crippen LogP contribution in [0.4, 0.5) is 5.82 Å². The van der Waals surface area contributed by atoms with Gasteiger partial charge in [-0.25, -0.2) is 4.98 Å². The van der Waals surface area contributed by atoms with Crippen molar-refractivity contribution in [2.45, 2.75) is 13.5 Å². The van der Waals surface area contributed by atoms with Gasteiger partial charge in [0.25, 0.3) is 0 Å². The maximum absolute atomic E-state index is 6.09. The van der Waals surface area contributed by atoms with Gasteiger partial charge in [0.1, 0.15) is 5.82 Å². The van der Waals surface area contributed by atoms with Crippen molar-refractivity contribution in [1.82, 2.24) is 10.3 Å². The summed E-state index contributed by atoms with van der Waals surface area (Å²) in [6, 6.07) is 1.92. The molecule has 0 saturated heterocycles. The molecular weight excluding hydrogens is 226 g/mol. The zero-order valence-corrected chi connectivity index (χ0v) is 10.5. The second-order valence-electron chi connectivity index (χ2n) is 3.37. The van der Waals surface area contributed by atoms with Crippen LogP contribution >= 0.6 is 11.6 Å². The zero-order valence-electron chi connectivity index (χ0n) is 9.72. The Morgan fingerprint density at radius 1 is 1.50 bits per heavy atom. The summed E-state index contributed by atoms with van der Waals surface area (Å²) in [6.07, 6.45) is 1.82. The number of ether oxygens (including phenoxy) is 1. The van der Waals surface area contributed by atoms with Crippen LogP contribution in [0.25, 0.3) is 0 Å². The van der Waals surface area contributed by atoms with Crippen LogP contribution in [0, 0.1) is 0 Å². The average molecular weight is 244 g/mol. The highest BCUT2D eigenvalue weighted by Gasteiger charge is 2.02. The van der Waals surface area contributed by atoms with Crippen LogP contribution in [0.3, 0.4) is 0 Å². The van der Waals surface area contributed by atoms with Gasteiger partial charge in [-0.3, -0.25) is 0 Å². The molecule has 4 nitrogen and oxygen atoms in total. The summed E-state index contributed by atoms with van der Waals surface area (Å²) in [4.78, 5) is 4.26. The van der Waals surface area contributed by atoms with Gasteiger partial charge in [0, 0.05) is 26.4 Å². The first-order valence-electron chi connectivity index (χ1n) is 5.36. The summed E-state index contributed by atoms with van der Waals surface area (Å²) >= 11 is 6.09. The van der Waals surface area contributed by atoms with Crippen LogP contribution in [0.1, 0.15) is 12.5 Å². The van der Waals surface area contributed by atoms with E-state index in [0.29, 0.717) is 24.0 Å². The largest absolute Gasteiger partial charge is 0.383 e. The molecule has 0 atom stereocenters. The Kier molecular flexibility index (Phi) is 6.15. The maximum Gasteiger partial charge on any atom is 0.144 e. The van der Waals surface area contributed by atoms with E-state index in [2.05, 4.69) is 22.5 Å². The lowest BCUT2D eigenvalue weighted by molar-refractivity contribution is 0.210. The number of anilines is 1. The molecule has 0 aliphatic carbocycles. The van der Waals surface area contributed by atoms with Crippen molar-refractivity contribution in [3.8, 4) is 0 Å². The van der Waals surface area contributed by atoms with Gasteiger partial charge < -0.3 is 15.4 Å². The summed E-state index contributed by atoms with van der Waals surface area (Å²) in [5.74, 6) is 0.707. The molecule has 0 amide bonds. The minimum absolute atomic E-state index is 0.636. The van der Waals surface area contributed by atoms with Gasteiger partial charge in [-0.15, -0.1) is 0 Å². The lowest BCUT2D eigenvalue weighted by Gasteiger charge is -2.08. The second kappa shape index (κ2) is 7.44. The Balaban J connectivity index is 2.53. The van der Waals surface area contributed by atoms with Crippen molar-refractivity contribution in [3.05, 3.63) is 22.8 Å². The van der Waals surface area contributed by atoms with Crippen molar-refractivity contribution >= 4 is 17.4 Å². The Labute approximate surface area is 101 Å². The number of nitrogens with zero attached hydrogens (tertiary/aromatic N) is 1.